The lowest BCUT2D eigenvalue weighted by Gasteiger charge is -2.32. The molecule has 0 bridgehead atoms. The van der Waals surface area contributed by atoms with Crippen LogP contribution in [-0.4, -0.2) is 30.0 Å². The van der Waals surface area contributed by atoms with Gasteiger partial charge in [0.1, 0.15) is 5.82 Å². The van der Waals surface area contributed by atoms with E-state index in [1.165, 1.54) is 12.8 Å². The Morgan fingerprint density at radius 1 is 1.43 bits per heavy atom. The normalized spacial score (nSPS) is 27.5. The maximum atomic E-state index is 12.5. The minimum Gasteiger partial charge on any atom is -0.356 e. The van der Waals surface area contributed by atoms with Crippen molar-refractivity contribution in [1.82, 2.24) is 10.3 Å². The van der Waals surface area contributed by atoms with Crippen molar-refractivity contribution in [2.75, 3.05) is 18.0 Å². The number of rotatable bonds is 3. The average Bonchev–Trinajstić information content (AvgIpc) is 3.02. The van der Waals surface area contributed by atoms with Crippen molar-refractivity contribution in [3.05, 3.63) is 23.9 Å². The van der Waals surface area contributed by atoms with E-state index in [0.29, 0.717) is 11.5 Å². The molecule has 0 spiro atoms. The van der Waals surface area contributed by atoms with Crippen LogP contribution in [0.2, 0.25) is 0 Å². The summed E-state index contributed by atoms with van der Waals surface area (Å²) in [4.78, 5) is 19.2. The standard InChI is InChI=1S/C18H24N4O/c1-13-3-2-8-22(12-13)17-10-15(6-7-20-17)18(23)21-16-5-4-14(9-16)11-19/h6-7,10,13-14,16H,2-5,8-9,12H2,1H3,(H,21,23)/t13?,14-,16+/m0/s1. The first-order valence-electron chi connectivity index (χ1n) is 8.57. The van der Waals surface area contributed by atoms with Crippen molar-refractivity contribution < 1.29 is 4.79 Å². The zero-order chi connectivity index (χ0) is 16.2. The monoisotopic (exact) mass is 312 g/mol. The van der Waals surface area contributed by atoms with Crippen LogP contribution in [0.25, 0.3) is 0 Å². The summed E-state index contributed by atoms with van der Waals surface area (Å²) in [6, 6.07) is 6.08. The fourth-order valence-electron chi connectivity index (χ4n) is 3.63. The number of hydrogen-bond acceptors (Lipinski definition) is 4. The first-order valence-corrected chi connectivity index (χ1v) is 8.57. The van der Waals surface area contributed by atoms with Gasteiger partial charge in [-0.25, -0.2) is 4.98 Å². The van der Waals surface area contributed by atoms with E-state index in [0.717, 1.165) is 38.2 Å². The van der Waals surface area contributed by atoms with Gasteiger partial charge in [-0.3, -0.25) is 4.79 Å². The maximum absolute atomic E-state index is 12.5. The van der Waals surface area contributed by atoms with Crippen LogP contribution in [0.15, 0.2) is 18.3 Å². The number of pyridine rings is 1. The molecule has 0 radical (unpaired) electrons. The van der Waals surface area contributed by atoms with Gasteiger partial charge in [-0.2, -0.15) is 5.26 Å². The van der Waals surface area contributed by atoms with Gasteiger partial charge in [0.25, 0.3) is 5.91 Å². The molecule has 0 aromatic carbocycles. The van der Waals surface area contributed by atoms with Crippen LogP contribution in [0.5, 0.6) is 0 Å². The highest BCUT2D eigenvalue weighted by Crippen LogP contribution is 2.25. The Morgan fingerprint density at radius 3 is 3.04 bits per heavy atom. The second kappa shape index (κ2) is 6.99. The summed E-state index contributed by atoms with van der Waals surface area (Å²) in [5, 5.41) is 12.0. The van der Waals surface area contributed by atoms with Gasteiger partial charge in [0.05, 0.1) is 6.07 Å². The molecular formula is C18H24N4O. The van der Waals surface area contributed by atoms with Gasteiger partial charge in [0.2, 0.25) is 0 Å². The van der Waals surface area contributed by atoms with E-state index in [2.05, 4.69) is 28.2 Å². The summed E-state index contributed by atoms with van der Waals surface area (Å²) >= 11 is 0. The largest absolute Gasteiger partial charge is 0.356 e. The molecule has 1 aromatic heterocycles. The van der Waals surface area contributed by atoms with E-state index in [1.807, 2.05) is 6.07 Å². The second-order valence-corrected chi connectivity index (χ2v) is 6.91. The van der Waals surface area contributed by atoms with Gasteiger partial charge in [0, 0.05) is 36.8 Å². The predicted molar refractivity (Wildman–Crippen MR) is 89.1 cm³/mol. The van der Waals surface area contributed by atoms with Gasteiger partial charge in [-0.1, -0.05) is 6.92 Å². The van der Waals surface area contributed by atoms with Crippen molar-refractivity contribution in [3.8, 4) is 6.07 Å². The maximum Gasteiger partial charge on any atom is 0.251 e. The first-order chi connectivity index (χ1) is 11.2. The topological polar surface area (TPSA) is 69.0 Å². The molecule has 3 atom stereocenters. The van der Waals surface area contributed by atoms with Gasteiger partial charge in [0.15, 0.2) is 0 Å². The predicted octanol–water partition coefficient (Wildman–Crippen LogP) is 2.74. The van der Waals surface area contributed by atoms with Crippen molar-refractivity contribution in [1.29, 1.82) is 5.26 Å². The lowest BCUT2D eigenvalue weighted by Crippen LogP contribution is -2.35. The Hall–Kier alpha value is -2.09. The van der Waals surface area contributed by atoms with Crippen LogP contribution in [0.3, 0.4) is 0 Å². The van der Waals surface area contributed by atoms with E-state index in [4.69, 9.17) is 5.26 Å². The molecule has 2 fully saturated rings. The smallest absolute Gasteiger partial charge is 0.251 e. The molecule has 23 heavy (non-hydrogen) atoms. The summed E-state index contributed by atoms with van der Waals surface area (Å²) in [5.41, 5.74) is 0.661. The number of nitriles is 1. The second-order valence-electron chi connectivity index (χ2n) is 6.91. The number of carbonyl (C=O) groups is 1. The van der Waals surface area contributed by atoms with Crippen molar-refractivity contribution in [3.63, 3.8) is 0 Å². The highest BCUT2D eigenvalue weighted by molar-refractivity contribution is 5.95. The quantitative estimate of drug-likeness (QED) is 0.931. The Bertz CT molecular complexity index is 609. The zero-order valence-electron chi connectivity index (χ0n) is 13.7. The van der Waals surface area contributed by atoms with E-state index >= 15 is 0 Å². The van der Waals surface area contributed by atoms with E-state index in [1.54, 1.807) is 12.3 Å². The van der Waals surface area contributed by atoms with Gasteiger partial charge in [-0.05, 0) is 50.2 Å². The lowest BCUT2D eigenvalue weighted by molar-refractivity contribution is 0.0937. The Kier molecular flexibility index (Phi) is 4.80. The number of amides is 1. The summed E-state index contributed by atoms with van der Waals surface area (Å²) in [7, 11) is 0. The van der Waals surface area contributed by atoms with Crippen molar-refractivity contribution >= 4 is 11.7 Å². The van der Waals surface area contributed by atoms with E-state index in [-0.39, 0.29) is 17.9 Å². The molecule has 1 unspecified atom stereocenters. The molecule has 1 N–H and O–H groups in total. The van der Waals surface area contributed by atoms with Crippen LogP contribution in [-0.2, 0) is 0 Å². The molecule has 1 aliphatic carbocycles. The minimum atomic E-state index is -0.0534. The highest BCUT2D eigenvalue weighted by atomic mass is 16.1. The van der Waals surface area contributed by atoms with Gasteiger partial charge < -0.3 is 10.2 Å². The third kappa shape index (κ3) is 3.82. The molecule has 1 amide bonds. The van der Waals surface area contributed by atoms with E-state index in [9.17, 15) is 4.79 Å². The summed E-state index contributed by atoms with van der Waals surface area (Å²) in [6.45, 7) is 4.27. The third-order valence-corrected chi connectivity index (χ3v) is 4.94. The number of anilines is 1. The fourth-order valence-corrected chi connectivity index (χ4v) is 3.63. The Morgan fingerprint density at radius 2 is 2.30 bits per heavy atom. The van der Waals surface area contributed by atoms with Crippen molar-refractivity contribution in [2.24, 2.45) is 11.8 Å². The molecule has 1 aromatic rings. The number of carbonyl (C=O) groups excluding carboxylic acids is 1. The number of nitrogens with one attached hydrogen (secondary N) is 1. The average molecular weight is 312 g/mol. The van der Waals surface area contributed by atoms with Gasteiger partial charge >= 0.3 is 0 Å². The molecule has 1 aliphatic heterocycles. The molecule has 1 saturated carbocycles. The van der Waals surface area contributed by atoms with Crippen LogP contribution in [0.1, 0.15) is 49.4 Å². The van der Waals surface area contributed by atoms with Crippen LogP contribution < -0.4 is 10.2 Å². The van der Waals surface area contributed by atoms with Gasteiger partial charge in [-0.15, -0.1) is 0 Å². The molecule has 3 rings (SSSR count). The van der Waals surface area contributed by atoms with Crippen LogP contribution >= 0.6 is 0 Å². The highest BCUT2D eigenvalue weighted by Gasteiger charge is 2.26. The lowest BCUT2D eigenvalue weighted by atomic mass is 10.0. The molecule has 5 heteroatoms. The summed E-state index contributed by atoms with van der Waals surface area (Å²) < 4.78 is 0. The van der Waals surface area contributed by atoms with Crippen LogP contribution in [0, 0.1) is 23.2 Å². The van der Waals surface area contributed by atoms with Crippen molar-refractivity contribution in [2.45, 2.75) is 45.1 Å². The number of aromatic nitrogens is 1. The summed E-state index contributed by atoms with van der Waals surface area (Å²) in [5.74, 6) is 1.60. The molecule has 1 saturated heterocycles. The molecule has 2 aliphatic rings. The fraction of sp³-hybridized carbons (Fsp3) is 0.611. The third-order valence-electron chi connectivity index (χ3n) is 4.94. The number of piperidine rings is 1. The van der Waals surface area contributed by atoms with Crippen LogP contribution in [0.4, 0.5) is 5.82 Å². The zero-order valence-corrected chi connectivity index (χ0v) is 13.7. The SMILES string of the molecule is CC1CCCN(c2cc(C(=O)N[C@@H]3CC[C@H](C#N)C3)ccn2)C1. The molecule has 122 valence electrons. The van der Waals surface area contributed by atoms with E-state index < -0.39 is 0 Å². The summed E-state index contributed by atoms with van der Waals surface area (Å²) in [6.07, 6.45) is 6.70. The number of hydrogen-bond donors (Lipinski definition) is 1. The minimum absolute atomic E-state index is 0.0534. The molecular weight excluding hydrogens is 288 g/mol. The first kappa shape index (κ1) is 15.8. The molecule has 5 nitrogen and oxygen atoms in total. The molecule has 2 heterocycles. The number of nitrogens with zero attached hydrogens (tertiary/aromatic N) is 3. The Balaban J connectivity index is 1.65. The Labute approximate surface area is 137 Å².